The van der Waals surface area contributed by atoms with Gasteiger partial charge in [0.25, 0.3) is 5.91 Å². The molecule has 2 nitrogen and oxygen atoms in total. The van der Waals surface area contributed by atoms with Gasteiger partial charge in [-0.05, 0) is 109 Å². The van der Waals surface area contributed by atoms with Crippen LogP contribution in [0.25, 0.3) is 0 Å². The Morgan fingerprint density at radius 2 is 1.77 bits per heavy atom. The van der Waals surface area contributed by atoms with Crippen LogP contribution in [-0.4, -0.2) is 11.9 Å². The molecule has 0 unspecified atom stereocenters. The van der Waals surface area contributed by atoms with Crippen molar-refractivity contribution in [3.05, 3.63) is 33.4 Å². The van der Waals surface area contributed by atoms with Crippen molar-refractivity contribution < 1.29 is 4.79 Å². The molecule has 4 saturated carbocycles. The molecule has 1 aromatic rings. The Balaban J connectivity index is 1.50. The van der Waals surface area contributed by atoms with E-state index in [4.69, 9.17) is 0 Å². The highest BCUT2D eigenvalue weighted by molar-refractivity contribution is 14.1. The van der Waals surface area contributed by atoms with Gasteiger partial charge in [0.15, 0.2) is 0 Å². The second kappa shape index (κ2) is 5.50. The summed E-state index contributed by atoms with van der Waals surface area (Å²) in [5.74, 6) is 2.90. The van der Waals surface area contributed by atoms with Crippen molar-refractivity contribution in [3.8, 4) is 0 Å². The quantitative estimate of drug-likeness (QED) is 0.725. The van der Waals surface area contributed by atoms with Gasteiger partial charge < -0.3 is 5.32 Å². The second-order valence-electron chi connectivity index (χ2n) is 7.99. The molecule has 0 aromatic heterocycles. The van der Waals surface area contributed by atoms with Gasteiger partial charge in [0.2, 0.25) is 0 Å². The minimum atomic E-state index is 0.0989. The molecule has 3 heteroatoms. The normalized spacial score (nSPS) is 37.1. The monoisotopic (exact) mass is 409 g/mol. The summed E-state index contributed by atoms with van der Waals surface area (Å²) in [5, 5.41) is 3.34. The number of nitrogens with one attached hydrogen (secondary N) is 1. The summed E-state index contributed by atoms with van der Waals surface area (Å²) >= 11 is 2.27. The highest BCUT2D eigenvalue weighted by atomic mass is 127. The van der Waals surface area contributed by atoms with E-state index in [1.54, 1.807) is 0 Å². The molecule has 4 aliphatic rings. The molecule has 0 aliphatic heterocycles. The lowest BCUT2D eigenvalue weighted by Crippen LogP contribution is -2.55. The molecule has 0 spiro atoms. The largest absolute Gasteiger partial charge is 0.349 e. The van der Waals surface area contributed by atoms with Crippen molar-refractivity contribution in [2.75, 3.05) is 0 Å². The topological polar surface area (TPSA) is 29.1 Å². The summed E-state index contributed by atoms with van der Waals surface area (Å²) < 4.78 is 1.12. The van der Waals surface area contributed by atoms with Crippen LogP contribution in [0.4, 0.5) is 0 Å². The first-order valence-corrected chi connectivity index (χ1v) is 9.68. The standard InChI is InChI=1S/C19H24INO/c1-12(21-18(22)16-3-2-4-17(20)8-16)19-9-13-5-14(10-19)7-15(6-13)11-19/h2-4,8,12-15H,5-7,9-11H2,1H3,(H,21,22)/t12-,13?,14?,15?,19?/m0/s1. The zero-order valence-electron chi connectivity index (χ0n) is 13.1. The summed E-state index contributed by atoms with van der Waals surface area (Å²) in [6.07, 6.45) is 8.39. The number of carbonyl (C=O) groups is 1. The Kier molecular flexibility index (Phi) is 3.74. The number of hydrogen-bond donors (Lipinski definition) is 1. The van der Waals surface area contributed by atoms with Crippen molar-refractivity contribution in [1.29, 1.82) is 0 Å². The van der Waals surface area contributed by atoms with E-state index < -0.39 is 0 Å². The van der Waals surface area contributed by atoms with Gasteiger partial charge in [-0.15, -0.1) is 0 Å². The maximum absolute atomic E-state index is 12.6. The van der Waals surface area contributed by atoms with E-state index in [0.717, 1.165) is 26.9 Å². The van der Waals surface area contributed by atoms with E-state index in [1.807, 2.05) is 24.3 Å². The minimum absolute atomic E-state index is 0.0989. The Hall–Kier alpha value is -0.580. The molecule has 22 heavy (non-hydrogen) atoms. The molecule has 5 rings (SSSR count). The highest BCUT2D eigenvalue weighted by Crippen LogP contribution is 2.61. The fourth-order valence-corrected chi connectivity index (χ4v) is 6.31. The van der Waals surface area contributed by atoms with Gasteiger partial charge in [0.1, 0.15) is 0 Å². The molecule has 4 aliphatic carbocycles. The zero-order chi connectivity index (χ0) is 15.3. The lowest BCUT2D eigenvalue weighted by atomic mass is 9.48. The van der Waals surface area contributed by atoms with Crippen LogP contribution in [0, 0.1) is 26.7 Å². The van der Waals surface area contributed by atoms with Crippen LogP contribution < -0.4 is 5.32 Å². The molecule has 118 valence electrons. The Morgan fingerprint density at radius 3 is 2.32 bits per heavy atom. The molecule has 4 fully saturated rings. The molecular weight excluding hydrogens is 385 g/mol. The molecule has 1 N–H and O–H groups in total. The summed E-state index contributed by atoms with van der Waals surface area (Å²) in [5.41, 5.74) is 1.18. The van der Waals surface area contributed by atoms with Gasteiger partial charge >= 0.3 is 0 Å². The van der Waals surface area contributed by atoms with Gasteiger partial charge in [-0.3, -0.25) is 4.79 Å². The average Bonchev–Trinajstić information content (AvgIpc) is 2.45. The number of rotatable bonds is 3. The van der Waals surface area contributed by atoms with Crippen LogP contribution in [0.3, 0.4) is 0 Å². The molecule has 1 atom stereocenters. The predicted octanol–water partition coefficient (Wildman–Crippen LogP) is 4.63. The molecule has 0 heterocycles. The third-order valence-electron chi connectivity index (χ3n) is 6.44. The number of hydrogen-bond acceptors (Lipinski definition) is 1. The second-order valence-corrected chi connectivity index (χ2v) is 9.23. The fraction of sp³-hybridized carbons (Fsp3) is 0.632. The molecule has 1 amide bonds. The lowest BCUT2D eigenvalue weighted by Gasteiger charge is -2.59. The Labute approximate surface area is 146 Å². The fourth-order valence-electron chi connectivity index (χ4n) is 5.77. The molecular formula is C19H24INO. The maximum atomic E-state index is 12.6. The van der Waals surface area contributed by atoms with Crippen LogP contribution in [0.2, 0.25) is 0 Å². The average molecular weight is 409 g/mol. The van der Waals surface area contributed by atoms with Crippen LogP contribution in [-0.2, 0) is 0 Å². The number of halogens is 1. The van der Waals surface area contributed by atoms with E-state index in [0.29, 0.717) is 11.5 Å². The molecule has 1 aromatic carbocycles. The minimum Gasteiger partial charge on any atom is -0.349 e. The molecule has 0 saturated heterocycles. The van der Waals surface area contributed by atoms with Gasteiger partial charge in [0.05, 0.1) is 0 Å². The molecule has 0 radical (unpaired) electrons. The zero-order valence-corrected chi connectivity index (χ0v) is 15.3. The summed E-state index contributed by atoms with van der Waals surface area (Å²) in [6.45, 7) is 2.25. The predicted molar refractivity (Wildman–Crippen MR) is 96.7 cm³/mol. The van der Waals surface area contributed by atoms with Gasteiger partial charge in [-0.1, -0.05) is 6.07 Å². The maximum Gasteiger partial charge on any atom is 0.251 e. The summed E-state index contributed by atoms with van der Waals surface area (Å²) in [7, 11) is 0. The van der Waals surface area contributed by atoms with Crippen molar-refractivity contribution in [3.63, 3.8) is 0 Å². The number of carbonyl (C=O) groups excluding carboxylic acids is 1. The smallest absolute Gasteiger partial charge is 0.251 e. The van der Waals surface area contributed by atoms with E-state index >= 15 is 0 Å². The van der Waals surface area contributed by atoms with E-state index in [9.17, 15) is 4.79 Å². The summed E-state index contributed by atoms with van der Waals surface area (Å²) in [4.78, 5) is 12.6. The van der Waals surface area contributed by atoms with Crippen LogP contribution in [0.5, 0.6) is 0 Å². The van der Waals surface area contributed by atoms with Crippen molar-refractivity contribution in [2.24, 2.45) is 23.2 Å². The SMILES string of the molecule is C[C@H](NC(=O)c1cccc(I)c1)C12CC3CC(CC(C3)C1)C2. The van der Waals surface area contributed by atoms with Crippen LogP contribution in [0.1, 0.15) is 55.8 Å². The van der Waals surface area contributed by atoms with E-state index in [-0.39, 0.29) is 5.91 Å². The van der Waals surface area contributed by atoms with Crippen molar-refractivity contribution in [1.82, 2.24) is 5.32 Å². The Bertz CT molecular complexity index is 562. The first kappa shape index (κ1) is 15.0. The number of amides is 1. The van der Waals surface area contributed by atoms with Gasteiger partial charge in [-0.2, -0.15) is 0 Å². The summed E-state index contributed by atoms with van der Waals surface area (Å²) in [6, 6.07) is 8.18. The molecule has 4 bridgehead atoms. The third-order valence-corrected chi connectivity index (χ3v) is 7.11. The lowest BCUT2D eigenvalue weighted by molar-refractivity contribution is -0.0688. The highest BCUT2D eigenvalue weighted by Gasteiger charge is 2.53. The van der Waals surface area contributed by atoms with E-state index in [1.165, 1.54) is 38.5 Å². The van der Waals surface area contributed by atoms with E-state index in [2.05, 4.69) is 34.8 Å². The van der Waals surface area contributed by atoms with Crippen LogP contribution >= 0.6 is 22.6 Å². The third kappa shape index (κ3) is 2.59. The van der Waals surface area contributed by atoms with Crippen LogP contribution in [0.15, 0.2) is 24.3 Å². The van der Waals surface area contributed by atoms with Gasteiger partial charge in [-0.25, -0.2) is 0 Å². The van der Waals surface area contributed by atoms with Gasteiger partial charge in [0, 0.05) is 15.2 Å². The first-order chi connectivity index (χ1) is 10.5. The van der Waals surface area contributed by atoms with Crippen molar-refractivity contribution in [2.45, 2.75) is 51.5 Å². The number of benzene rings is 1. The Morgan fingerprint density at radius 1 is 1.18 bits per heavy atom. The first-order valence-electron chi connectivity index (χ1n) is 8.60. The van der Waals surface area contributed by atoms with Crippen molar-refractivity contribution >= 4 is 28.5 Å².